The van der Waals surface area contributed by atoms with Crippen LogP contribution in [0.15, 0.2) is 65.8 Å². The minimum Gasteiger partial charge on any atom is -0.289 e. The van der Waals surface area contributed by atoms with Gasteiger partial charge in [0.25, 0.3) is 5.91 Å². The van der Waals surface area contributed by atoms with E-state index in [0.717, 1.165) is 23.8 Å². The van der Waals surface area contributed by atoms with Crippen LogP contribution in [-0.2, 0) is 6.54 Å². The van der Waals surface area contributed by atoms with Crippen molar-refractivity contribution in [3.8, 4) is 11.1 Å². The van der Waals surface area contributed by atoms with Gasteiger partial charge in [-0.3, -0.25) is 19.3 Å². The summed E-state index contributed by atoms with van der Waals surface area (Å²) in [5.74, 6) is 1.45. The van der Waals surface area contributed by atoms with Crippen molar-refractivity contribution < 1.29 is 4.79 Å². The highest BCUT2D eigenvalue weighted by molar-refractivity contribution is 6.19. The van der Waals surface area contributed by atoms with Crippen molar-refractivity contribution in [2.75, 3.05) is 11.9 Å². The van der Waals surface area contributed by atoms with Gasteiger partial charge in [-0.05, 0) is 30.0 Å². The number of carbonyl (C=O) groups is 1. The highest BCUT2D eigenvalue weighted by Gasteiger charge is 2.63. The number of nitrogens with zero attached hydrogens (tertiary/aromatic N) is 5. The van der Waals surface area contributed by atoms with Gasteiger partial charge >= 0.3 is 0 Å². The quantitative estimate of drug-likeness (QED) is 0.697. The maximum absolute atomic E-state index is 12.8. The molecule has 0 N–H and O–H groups in total. The molecule has 1 unspecified atom stereocenters. The fourth-order valence-corrected chi connectivity index (χ4v) is 4.44. The number of hydrogen-bond donors (Lipinski definition) is 0. The van der Waals surface area contributed by atoms with Crippen molar-refractivity contribution in [3.63, 3.8) is 0 Å². The van der Waals surface area contributed by atoms with Crippen LogP contribution in [-0.4, -0.2) is 45.2 Å². The lowest BCUT2D eigenvalue weighted by molar-refractivity contribution is 0.0865. The van der Waals surface area contributed by atoms with Crippen molar-refractivity contribution in [2.45, 2.75) is 31.5 Å². The van der Waals surface area contributed by atoms with Crippen LogP contribution >= 0.6 is 0 Å². The number of aromatic nitrogens is 2. The van der Waals surface area contributed by atoms with E-state index in [-0.39, 0.29) is 11.4 Å². The van der Waals surface area contributed by atoms with E-state index >= 15 is 0 Å². The minimum absolute atomic E-state index is 0.0365. The summed E-state index contributed by atoms with van der Waals surface area (Å²) in [5.41, 5.74) is 4.13. The molecule has 1 aliphatic carbocycles. The summed E-state index contributed by atoms with van der Waals surface area (Å²) in [7, 11) is 1.80. The number of amides is 1. The molecule has 3 aliphatic rings. The molecule has 6 rings (SSSR count). The highest BCUT2D eigenvalue weighted by atomic mass is 16.2. The molecular formula is C23H21N5O. The second-order valence-corrected chi connectivity index (χ2v) is 8.35. The maximum atomic E-state index is 12.8. The van der Waals surface area contributed by atoms with E-state index in [1.807, 2.05) is 29.1 Å². The highest BCUT2D eigenvalue weighted by Crippen LogP contribution is 2.52. The number of guanidine groups is 1. The Labute approximate surface area is 169 Å². The number of fused-ring (bicyclic) bond motifs is 5. The number of rotatable bonds is 3. The van der Waals surface area contributed by atoms with Crippen molar-refractivity contribution in [2.24, 2.45) is 4.99 Å². The molecule has 2 aromatic carbocycles. The number of benzene rings is 2. The van der Waals surface area contributed by atoms with Crippen molar-refractivity contribution in [1.82, 2.24) is 14.7 Å². The van der Waals surface area contributed by atoms with E-state index in [9.17, 15) is 4.79 Å². The lowest BCUT2D eigenvalue weighted by Crippen LogP contribution is -2.49. The van der Waals surface area contributed by atoms with Gasteiger partial charge in [-0.25, -0.2) is 4.99 Å². The first-order chi connectivity index (χ1) is 14.0. The Morgan fingerprint density at radius 3 is 2.55 bits per heavy atom. The van der Waals surface area contributed by atoms with Crippen molar-refractivity contribution in [1.29, 1.82) is 0 Å². The fraction of sp³-hybridized carbons (Fsp3) is 0.261. The summed E-state index contributed by atoms with van der Waals surface area (Å²) in [6, 6.07) is 19.2. The summed E-state index contributed by atoms with van der Waals surface area (Å²) in [5, 5.41) is 4.78. The van der Waals surface area contributed by atoms with Crippen molar-refractivity contribution >= 4 is 17.7 Å². The molecule has 29 heavy (non-hydrogen) atoms. The van der Waals surface area contributed by atoms with Crippen LogP contribution in [0.4, 0.5) is 5.82 Å². The van der Waals surface area contributed by atoms with E-state index < -0.39 is 0 Å². The zero-order chi connectivity index (χ0) is 19.8. The van der Waals surface area contributed by atoms with E-state index in [0.29, 0.717) is 18.2 Å². The van der Waals surface area contributed by atoms with Gasteiger partial charge < -0.3 is 0 Å². The zero-order valence-corrected chi connectivity index (χ0v) is 16.4. The standard InChI is InChI=1S/C23H21N5O/c1-23-12-19(23)28-20-18(21(29)26(2)22(28)24-23)14-27(25-20)13-15-8-10-17(11-9-15)16-6-4-3-5-7-16/h3-11,14,19H,12-13H2,1-2H3/t19?,23-/m1/s1. The molecule has 2 aliphatic heterocycles. The Kier molecular flexibility index (Phi) is 3.17. The van der Waals surface area contributed by atoms with E-state index in [2.05, 4.69) is 48.2 Å². The molecule has 0 saturated heterocycles. The number of anilines is 1. The topological polar surface area (TPSA) is 53.7 Å². The summed E-state index contributed by atoms with van der Waals surface area (Å²) in [4.78, 5) is 21.4. The minimum atomic E-state index is -0.0669. The monoisotopic (exact) mass is 383 g/mol. The first kappa shape index (κ1) is 16.5. The molecule has 6 nitrogen and oxygen atoms in total. The SMILES string of the molecule is CN1C(=O)c2cn(Cc3ccc(-c4ccccc4)cc3)nc2N2C1=N[C@]1(C)CC21. The molecule has 1 aromatic heterocycles. The molecule has 1 fully saturated rings. The summed E-state index contributed by atoms with van der Waals surface area (Å²) >= 11 is 0. The Morgan fingerprint density at radius 2 is 1.79 bits per heavy atom. The third-order valence-corrected chi connectivity index (χ3v) is 6.26. The average Bonchev–Trinajstić information content (AvgIpc) is 3.07. The fourth-order valence-electron chi connectivity index (χ4n) is 4.44. The molecule has 2 atom stereocenters. The lowest BCUT2D eigenvalue weighted by Gasteiger charge is -2.31. The van der Waals surface area contributed by atoms with E-state index in [4.69, 9.17) is 10.1 Å². The second-order valence-electron chi connectivity index (χ2n) is 8.35. The van der Waals surface area contributed by atoms with Crippen molar-refractivity contribution in [3.05, 3.63) is 71.9 Å². The van der Waals surface area contributed by atoms with Gasteiger partial charge in [-0.15, -0.1) is 0 Å². The van der Waals surface area contributed by atoms with Gasteiger partial charge in [0.1, 0.15) is 5.56 Å². The Bertz CT molecular complexity index is 1160. The molecule has 3 heterocycles. The molecule has 3 aromatic rings. The Hall–Kier alpha value is -3.41. The van der Waals surface area contributed by atoms with Gasteiger partial charge in [-0.2, -0.15) is 5.10 Å². The van der Waals surface area contributed by atoms with Gasteiger partial charge in [0.15, 0.2) is 5.82 Å². The molecule has 0 spiro atoms. The van der Waals surface area contributed by atoms with Crippen LogP contribution in [0.2, 0.25) is 0 Å². The summed E-state index contributed by atoms with van der Waals surface area (Å²) < 4.78 is 1.87. The first-order valence-electron chi connectivity index (χ1n) is 9.92. The number of aliphatic imine (C=N–C) groups is 1. The van der Waals surface area contributed by atoms with Crippen LogP contribution < -0.4 is 4.90 Å². The molecule has 144 valence electrons. The molecular weight excluding hydrogens is 362 g/mol. The predicted molar refractivity (Wildman–Crippen MR) is 112 cm³/mol. The number of hydrogen-bond acceptors (Lipinski definition) is 4. The van der Waals surface area contributed by atoms with Gasteiger partial charge in [0.2, 0.25) is 5.96 Å². The third-order valence-electron chi connectivity index (χ3n) is 6.26. The van der Waals surface area contributed by atoms with E-state index in [1.165, 1.54) is 11.1 Å². The third kappa shape index (κ3) is 2.38. The van der Waals surface area contributed by atoms with Crippen LogP contribution in [0, 0.1) is 0 Å². The first-order valence-corrected chi connectivity index (χ1v) is 9.92. The lowest BCUT2D eigenvalue weighted by atomic mass is 10.0. The molecule has 1 amide bonds. The van der Waals surface area contributed by atoms with Gasteiger partial charge in [0, 0.05) is 13.2 Å². The van der Waals surface area contributed by atoms with Gasteiger partial charge in [-0.1, -0.05) is 54.6 Å². The second kappa shape index (κ2) is 5.56. The van der Waals surface area contributed by atoms with Gasteiger partial charge in [0.05, 0.1) is 18.1 Å². The van der Waals surface area contributed by atoms with Crippen LogP contribution in [0.25, 0.3) is 11.1 Å². The van der Waals surface area contributed by atoms with Crippen LogP contribution in [0.3, 0.4) is 0 Å². The average molecular weight is 383 g/mol. The molecule has 0 bridgehead atoms. The Morgan fingerprint density at radius 1 is 1.07 bits per heavy atom. The largest absolute Gasteiger partial charge is 0.289 e. The zero-order valence-electron chi connectivity index (χ0n) is 16.4. The normalized spacial score (nSPS) is 24.1. The van der Waals surface area contributed by atoms with E-state index in [1.54, 1.807) is 11.9 Å². The number of carbonyl (C=O) groups excluding carboxylic acids is 1. The molecule has 6 heteroatoms. The van der Waals surface area contributed by atoms with Crippen LogP contribution in [0.5, 0.6) is 0 Å². The Balaban J connectivity index is 1.30. The summed E-state index contributed by atoms with van der Waals surface area (Å²) in [6.45, 7) is 2.77. The maximum Gasteiger partial charge on any atom is 0.265 e. The van der Waals surface area contributed by atoms with Crippen LogP contribution in [0.1, 0.15) is 29.3 Å². The predicted octanol–water partition coefficient (Wildman–Crippen LogP) is 3.39. The molecule has 0 radical (unpaired) electrons. The summed E-state index contributed by atoms with van der Waals surface area (Å²) in [6.07, 6.45) is 2.89. The smallest absolute Gasteiger partial charge is 0.265 e. The molecule has 1 saturated carbocycles.